The van der Waals surface area contributed by atoms with Crippen molar-refractivity contribution in [3.63, 3.8) is 0 Å². The number of nitrogens with zero attached hydrogens (tertiary/aromatic N) is 1. The van der Waals surface area contributed by atoms with Gasteiger partial charge in [-0.1, -0.05) is 0 Å². The number of halogens is 3. The number of nitrogens with one attached hydrogen (secondary N) is 1. The molecule has 0 spiro atoms. The molecule has 1 atom stereocenters. The summed E-state index contributed by atoms with van der Waals surface area (Å²) in [5.74, 6) is 0.00623. The monoisotopic (exact) mass is 328 g/mol. The molecule has 2 aliphatic rings. The van der Waals surface area contributed by atoms with E-state index in [1.165, 1.54) is 25.0 Å². The first-order chi connectivity index (χ1) is 10.9. The van der Waals surface area contributed by atoms with Crippen molar-refractivity contribution >= 4 is 5.91 Å². The van der Waals surface area contributed by atoms with E-state index in [1.54, 1.807) is 0 Å². The molecular weight excluding hydrogens is 309 g/mol. The highest BCUT2D eigenvalue weighted by molar-refractivity contribution is 5.77. The molecule has 3 rings (SSSR count). The molecule has 0 aromatic heterocycles. The zero-order valence-electron chi connectivity index (χ0n) is 12.6. The average molecular weight is 328 g/mol. The van der Waals surface area contributed by atoms with Crippen molar-refractivity contribution in [2.75, 3.05) is 19.7 Å². The molecule has 1 aliphatic carbocycles. The number of rotatable bonds is 5. The van der Waals surface area contributed by atoms with E-state index in [0.717, 1.165) is 31.6 Å². The predicted molar refractivity (Wildman–Crippen MR) is 78.1 cm³/mol. The van der Waals surface area contributed by atoms with Gasteiger partial charge < -0.3 is 10.1 Å². The third-order valence-corrected chi connectivity index (χ3v) is 4.20. The predicted octanol–water partition coefficient (Wildman–Crippen LogP) is 2.44. The molecule has 126 valence electrons. The first-order valence-electron chi connectivity index (χ1n) is 7.75. The highest BCUT2D eigenvalue weighted by atomic mass is 19.4. The van der Waals surface area contributed by atoms with Gasteiger partial charge in [0, 0.05) is 25.2 Å². The Morgan fingerprint density at radius 2 is 1.91 bits per heavy atom. The number of ether oxygens (including phenoxy) is 1. The van der Waals surface area contributed by atoms with Crippen LogP contribution in [0.4, 0.5) is 13.2 Å². The number of carbonyl (C=O) groups excluding carboxylic acids is 1. The van der Waals surface area contributed by atoms with Gasteiger partial charge >= 0.3 is 6.18 Å². The molecule has 4 nitrogen and oxygen atoms in total. The van der Waals surface area contributed by atoms with Crippen LogP contribution in [0.3, 0.4) is 0 Å². The van der Waals surface area contributed by atoms with Gasteiger partial charge in [0.2, 0.25) is 0 Å². The molecule has 0 bridgehead atoms. The minimum atomic E-state index is -4.37. The Balaban J connectivity index is 1.42. The van der Waals surface area contributed by atoms with E-state index in [0.29, 0.717) is 6.04 Å². The summed E-state index contributed by atoms with van der Waals surface area (Å²) in [6, 6.07) is 5.16. The van der Waals surface area contributed by atoms with E-state index in [4.69, 9.17) is 4.74 Å². The lowest BCUT2D eigenvalue weighted by Gasteiger charge is -2.16. The molecule has 23 heavy (non-hydrogen) atoms. The smallest absolute Gasteiger partial charge is 0.416 e. The Morgan fingerprint density at radius 1 is 1.22 bits per heavy atom. The van der Waals surface area contributed by atoms with Gasteiger partial charge in [-0.2, -0.15) is 13.2 Å². The van der Waals surface area contributed by atoms with Gasteiger partial charge in [0.25, 0.3) is 5.91 Å². The summed E-state index contributed by atoms with van der Waals surface area (Å²) in [6.07, 6.45) is -0.941. The van der Waals surface area contributed by atoms with Crippen molar-refractivity contribution in [1.82, 2.24) is 10.2 Å². The summed E-state index contributed by atoms with van der Waals surface area (Å²) in [5.41, 5.74) is -0.736. The summed E-state index contributed by atoms with van der Waals surface area (Å²) in [5, 5.41) is 2.91. The number of alkyl halides is 3. The van der Waals surface area contributed by atoms with Crippen LogP contribution in [0.25, 0.3) is 0 Å². The minimum Gasteiger partial charge on any atom is -0.484 e. The van der Waals surface area contributed by atoms with E-state index in [1.807, 2.05) is 0 Å². The van der Waals surface area contributed by atoms with Crippen LogP contribution in [0.2, 0.25) is 0 Å². The van der Waals surface area contributed by atoms with Crippen molar-refractivity contribution in [1.29, 1.82) is 0 Å². The van der Waals surface area contributed by atoms with Crippen molar-refractivity contribution in [3.05, 3.63) is 29.8 Å². The second kappa shape index (κ2) is 6.39. The Morgan fingerprint density at radius 3 is 2.52 bits per heavy atom. The molecule has 1 saturated carbocycles. The Labute approximate surface area is 132 Å². The Hall–Kier alpha value is -1.76. The minimum absolute atomic E-state index is 0.138. The van der Waals surface area contributed by atoms with Gasteiger partial charge in [-0.05, 0) is 43.5 Å². The lowest BCUT2D eigenvalue weighted by Crippen LogP contribution is -2.39. The third-order valence-electron chi connectivity index (χ3n) is 4.20. The molecule has 1 N–H and O–H groups in total. The van der Waals surface area contributed by atoms with E-state index in [2.05, 4.69) is 10.2 Å². The van der Waals surface area contributed by atoms with Gasteiger partial charge in [0.05, 0.1) is 5.56 Å². The number of carbonyl (C=O) groups is 1. The van der Waals surface area contributed by atoms with Crippen molar-refractivity contribution < 1.29 is 22.7 Å². The van der Waals surface area contributed by atoms with Crippen molar-refractivity contribution in [2.45, 2.75) is 37.5 Å². The molecule has 1 aliphatic heterocycles. The second-order valence-corrected chi connectivity index (χ2v) is 6.09. The Kier molecular flexibility index (Phi) is 4.48. The van der Waals surface area contributed by atoms with Gasteiger partial charge in [-0.25, -0.2) is 0 Å². The van der Waals surface area contributed by atoms with Crippen LogP contribution in [0.1, 0.15) is 24.8 Å². The van der Waals surface area contributed by atoms with Crippen molar-refractivity contribution in [2.24, 2.45) is 0 Å². The van der Waals surface area contributed by atoms with Crippen LogP contribution in [-0.2, 0) is 11.0 Å². The fourth-order valence-corrected chi connectivity index (χ4v) is 2.83. The third kappa shape index (κ3) is 4.37. The highest BCUT2D eigenvalue weighted by Gasteiger charge is 2.34. The van der Waals surface area contributed by atoms with Crippen molar-refractivity contribution in [3.8, 4) is 5.75 Å². The molecule has 7 heteroatoms. The number of hydrogen-bond acceptors (Lipinski definition) is 3. The first kappa shape index (κ1) is 16.1. The van der Waals surface area contributed by atoms with E-state index in [-0.39, 0.29) is 24.3 Å². The maximum Gasteiger partial charge on any atom is 0.416 e. The lowest BCUT2D eigenvalue weighted by molar-refractivity contribution is -0.137. The fraction of sp³-hybridized carbons (Fsp3) is 0.562. The maximum absolute atomic E-state index is 12.4. The molecule has 1 saturated heterocycles. The zero-order valence-corrected chi connectivity index (χ0v) is 12.6. The van der Waals surface area contributed by atoms with Gasteiger partial charge in [-0.15, -0.1) is 0 Å². The summed E-state index contributed by atoms with van der Waals surface area (Å²) < 4.78 is 42.6. The second-order valence-electron chi connectivity index (χ2n) is 6.09. The van der Waals surface area contributed by atoms with E-state index in [9.17, 15) is 18.0 Å². The van der Waals surface area contributed by atoms with Crippen LogP contribution in [0.5, 0.6) is 5.75 Å². The molecule has 1 aromatic rings. The van der Waals surface area contributed by atoms with Crippen LogP contribution in [0.15, 0.2) is 24.3 Å². The van der Waals surface area contributed by atoms with E-state index >= 15 is 0 Å². The van der Waals surface area contributed by atoms with Crippen LogP contribution < -0.4 is 10.1 Å². The van der Waals surface area contributed by atoms with Gasteiger partial charge in [0.1, 0.15) is 5.75 Å². The zero-order chi connectivity index (χ0) is 16.4. The summed E-state index contributed by atoms with van der Waals surface area (Å²) in [7, 11) is 0. The van der Waals surface area contributed by atoms with Gasteiger partial charge in [0.15, 0.2) is 6.61 Å². The Bertz CT molecular complexity index is 555. The van der Waals surface area contributed by atoms with Crippen LogP contribution in [0, 0.1) is 0 Å². The molecule has 1 unspecified atom stereocenters. The molecule has 2 fully saturated rings. The average Bonchev–Trinajstić information content (AvgIpc) is 3.25. The molecule has 0 radical (unpaired) electrons. The SMILES string of the molecule is O=C(COc1ccc(C(F)(F)F)cc1)NC1CCN(C2CC2)C1. The van der Waals surface area contributed by atoms with E-state index < -0.39 is 11.7 Å². The largest absolute Gasteiger partial charge is 0.484 e. The maximum atomic E-state index is 12.4. The fourth-order valence-electron chi connectivity index (χ4n) is 2.83. The molecule has 1 heterocycles. The number of benzene rings is 1. The quantitative estimate of drug-likeness (QED) is 0.903. The highest BCUT2D eigenvalue weighted by Crippen LogP contribution is 2.30. The van der Waals surface area contributed by atoms with Crippen LogP contribution >= 0.6 is 0 Å². The molecule has 1 amide bonds. The summed E-state index contributed by atoms with van der Waals surface area (Å²) in [6.45, 7) is 1.69. The summed E-state index contributed by atoms with van der Waals surface area (Å²) >= 11 is 0. The normalized spacial score (nSPS) is 22.1. The molecule has 1 aromatic carbocycles. The standard InChI is InChI=1S/C16H19F3N2O2/c17-16(18,19)11-1-5-14(6-2-11)23-10-15(22)20-12-7-8-21(9-12)13-3-4-13/h1-2,5-6,12-13H,3-4,7-10H2,(H,20,22). The van der Waals surface area contributed by atoms with Crippen LogP contribution in [-0.4, -0.2) is 42.6 Å². The van der Waals surface area contributed by atoms with Gasteiger partial charge in [-0.3, -0.25) is 9.69 Å². The number of amides is 1. The topological polar surface area (TPSA) is 41.6 Å². The summed E-state index contributed by atoms with van der Waals surface area (Å²) in [4.78, 5) is 14.2. The lowest BCUT2D eigenvalue weighted by atomic mass is 10.2. The molecular formula is C16H19F3N2O2. The first-order valence-corrected chi connectivity index (χ1v) is 7.75. The number of likely N-dealkylation sites (tertiary alicyclic amines) is 1. The number of hydrogen-bond donors (Lipinski definition) is 1.